The van der Waals surface area contributed by atoms with Gasteiger partial charge in [-0.3, -0.25) is 0 Å². The monoisotopic (exact) mass is 188 g/mol. The third-order valence-electron chi connectivity index (χ3n) is 1.49. The Hall–Kier alpha value is -0.890. The van der Waals surface area contributed by atoms with Crippen LogP contribution in [0.4, 0.5) is 8.78 Å². The summed E-state index contributed by atoms with van der Waals surface area (Å²) < 4.78 is 24.7. The molecule has 0 spiro atoms. The molecule has 1 rings (SSSR count). The van der Waals surface area contributed by atoms with Gasteiger partial charge >= 0.3 is 0 Å². The molecule has 0 radical (unpaired) electrons. The second-order valence-corrected chi connectivity index (χ2v) is 2.77. The standard InChI is InChI=1S/C9H7ClF2/c1-6(5-11)7-2-3-9(12)8(10)4-7/h2-4H,1,5H2. The van der Waals surface area contributed by atoms with Crippen LogP contribution in [0.5, 0.6) is 0 Å². The lowest BCUT2D eigenvalue weighted by molar-refractivity contribution is 0.571. The summed E-state index contributed by atoms with van der Waals surface area (Å²) in [5, 5.41) is -0.0119. The highest BCUT2D eigenvalue weighted by molar-refractivity contribution is 6.30. The average Bonchev–Trinajstić information content (AvgIpc) is 2.08. The van der Waals surface area contributed by atoms with Gasteiger partial charge in [-0.1, -0.05) is 24.2 Å². The van der Waals surface area contributed by atoms with Gasteiger partial charge in [0.15, 0.2) is 0 Å². The molecule has 1 aromatic rings. The number of halogens is 3. The Labute approximate surface area is 74.5 Å². The molecule has 0 N–H and O–H groups in total. The van der Waals surface area contributed by atoms with Crippen molar-refractivity contribution < 1.29 is 8.78 Å². The molecule has 0 bridgehead atoms. The van der Waals surface area contributed by atoms with Crippen molar-refractivity contribution >= 4 is 17.2 Å². The molecule has 0 aliphatic carbocycles. The van der Waals surface area contributed by atoms with Crippen LogP contribution in [0.2, 0.25) is 5.02 Å². The molecule has 0 fully saturated rings. The Balaban J connectivity index is 3.05. The average molecular weight is 189 g/mol. The smallest absolute Gasteiger partial charge is 0.141 e. The molecule has 0 heterocycles. The SMILES string of the molecule is C=C(CF)c1ccc(F)c(Cl)c1. The molecule has 1 aromatic carbocycles. The van der Waals surface area contributed by atoms with Gasteiger partial charge in [0.25, 0.3) is 0 Å². The number of benzene rings is 1. The van der Waals surface area contributed by atoms with E-state index in [1.807, 2.05) is 0 Å². The van der Waals surface area contributed by atoms with Crippen LogP contribution in [0.3, 0.4) is 0 Å². The predicted molar refractivity (Wildman–Crippen MR) is 46.4 cm³/mol. The minimum atomic E-state index is -0.651. The van der Waals surface area contributed by atoms with Gasteiger partial charge in [0.2, 0.25) is 0 Å². The van der Waals surface area contributed by atoms with E-state index in [9.17, 15) is 8.78 Å². The lowest BCUT2D eigenvalue weighted by Gasteiger charge is -2.01. The highest BCUT2D eigenvalue weighted by Gasteiger charge is 2.02. The lowest BCUT2D eigenvalue weighted by atomic mass is 10.1. The predicted octanol–water partition coefficient (Wildman–Crippen LogP) is 3.46. The minimum Gasteiger partial charge on any atom is -0.246 e. The Morgan fingerprint density at radius 1 is 1.50 bits per heavy atom. The van der Waals surface area contributed by atoms with E-state index in [2.05, 4.69) is 6.58 Å². The van der Waals surface area contributed by atoms with E-state index in [0.29, 0.717) is 11.1 Å². The Bertz CT molecular complexity index is 307. The molecule has 0 unspecified atom stereocenters. The fraction of sp³-hybridized carbons (Fsp3) is 0.111. The van der Waals surface area contributed by atoms with Gasteiger partial charge in [0.1, 0.15) is 12.5 Å². The molecule has 0 atom stereocenters. The molecule has 3 heteroatoms. The summed E-state index contributed by atoms with van der Waals surface area (Å²) in [5.74, 6) is -0.507. The summed E-state index contributed by atoms with van der Waals surface area (Å²) in [5.41, 5.74) is 0.834. The first-order valence-corrected chi connectivity index (χ1v) is 3.72. The van der Waals surface area contributed by atoms with Crippen LogP contribution >= 0.6 is 11.6 Å². The van der Waals surface area contributed by atoms with E-state index in [4.69, 9.17) is 11.6 Å². The van der Waals surface area contributed by atoms with Crippen molar-refractivity contribution in [2.24, 2.45) is 0 Å². The van der Waals surface area contributed by atoms with Crippen molar-refractivity contribution in [1.29, 1.82) is 0 Å². The fourth-order valence-corrected chi connectivity index (χ4v) is 0.974. The molecule has 0 saturated carbocycles. The van der Waals surface area contributed by atoms with Gasteiger partial charge in [-0.15, -0.1) is 0 Å². The Morgan fingerprint density at radius 2 is 2.17 bits per heavy atom. The van der Waals surface area contributed by atoms with Crippen LogP contribution in [0, 0.1) is 5.82 Å². The van der Waals surface area contributed by atoms with Crippen molar-refractivity contribution in [2.75, 3.05) is 6.67 Å². The van der Waals surface area contributed by atoms with E-state index in [0.717, 1.165) is 0 Å². The van der Waals surface area contributed by atoms with Gasteiger partial charge in [-0.25, -0.2) is 8.78 Å². The Morgan fingerprint density at radius 3 is 2.67 bits per heavy atom. The summed E-state index contributed by atoms with van der Waals surface area (Å²) in [6, 6.07) is 4.00. The van der Waals surface area contributed by atoms with Crippen LogP contribution in [-0.2, 0) is 0 Å². The third-order valence-corrected chi connectivity index (χ3v) is 1.78. The minimum absolute atomic E-state index is 0.0119. The van der Waals surface area contributed by atoms with Crippen LogP contribution in [0.15, 0.2) is 24.8 Å². The van der Waals surface area contributed by atoms with Gasteiger partial charge in [0, 0.05) is 0 Å². The number of hydrogen-bond acceptors (Lipinski definition) is 0. The van der Waals surface area contributed by atoms with Gasteiger partial charge in [-0.2, -0.15) is 0 Å². The van der Waals surface area contributed by atoms with Gasteiger partial charge in [-0.05, 0) is 23.3 Å². The topological polar surface area (TPSA) is 0 Å². The first-order valence-electron chi connectivity index (χ1n) is 3.34. The highest BCUT2D eigenvalue weighted by atomic mass is 35.5. The fourth-order valence-electron chi connectivity index (χ4n) is 0.793. The molecule has 0 aliphatic rings. The quantitative estimate of drug-likeness (QED) is 0.667. The summed E-state index contributed by atoms with van der Waals surface area (Å²) in [6.45, 7) is 2.81. The van der Waals surface area contributed by atoms with Crippen molar-refractivity contribution in [3.05, 3.63) is 41.2 Å². The first kappa shape index (κ1) is 9.20. The van der Waals surface area contributed by atoms with E-state index in [1.54, 1.807) is 0 Å². The normalized spacial score (nSPS) is 9.92. The molecule has 0 nitrogen and oxygen atoms in total. The molecule has 64 valence electrons. The van der Waals surface area contributed by atoms with Crippen molar-refractivity contribution in [1.82, 2.24) is 0 Å². The van der Waals surface area contributed by atoms with Crippen molar-refractivity contribution in [3.8, 4) is 0 Å². The van der Waals surface area contributed by atoms with Gasteiger partial charge in [0.05, 0.1) is 5.02 Å². The maximum atomic E-state index is 12.6. The molecule has 12 heavy (non-hydrogen) atoms. The molecule has 0 saturated heterocycles. The molecule has 0 aromatic heterocycles. The zero-order valence-electron chi connectivity index (χ0n) is 6.28. The second-order valence-electron chi connectivity index (χ2n) is 2.37. The molecule has 0 aliphatic heterocycles. The molecular weight excluding hydrogens is 182 g/mol. The summed E-state index contributed by atoms with van der Waals surface area (Å²) >= 11 is 5.48. The molecule has 0 amide bonds. The number of rotatable bonds is 2. The van der Waals surface area contributed by atoms with Crippen molar-refractivity contribution in [3.63, 3.8) is 0 Å². The number of allylic oxidation sites excluding steroid dienone is 1. The van der Waals surface area contributed by atoms with Crippen LogP contribution in [-0.4, -0.2) is 6.67 Å². The zero-order chi connectivity index (χ0) is 9.14. The number of hydrogen-bond donors (Lipinski definition) is 0. The van der Waals surface area contributed by atoms with Crippen LogP contribution < -0.4 is 0 Å². The summed E-state index contributed by atoms with van der Waals surface area (Å²) in [4.78, 5) is 0. The Kier molecular flexibility index (Phi) is 2.82. The number of alkyl halides is 1. The molecular formula is C9H7ClF2. The van der Waals surface area contributed by atoms with E-state index >= 15 is 0 Å². The lowest BCUT2D eigenvalue weighted by Crippen LogP contribution is -1.86. The first-order chi connectivity index (χ1) is 5.65. The van der Waals surface area contributed by atoms with E-state index in [1.165, 1.54) is 18.2 Å². The van der Waals surface area contributed by atoms with Gasteiger partial charge < -0.3 is 0 Å². The van der Waals surface area contributed by atoms with E-state index < -0.39 is 12.5 Å². The maximum absolute atomic E-state index is 12.6. The summed E-state index contributed by atoms with van der Waals surface area (Å²) in [7, 11) is 0. The second kappa shape index (κ2) is 3.68. The third kappa shape index (κ3) is 1.83. The highest BCUT2D eigenvalue weighted by Crippen LogP contribution is 2.20. The van der Waals surface area contributed by atoms with Crippen LogP contribution in [0.25, 0.3) is 5.57 Å². The maximum Gasteiger partial charge on any atom is 0.141 e. The zero-order valence-corrected chi connectivity index (χ0v) is 7.04. The van der Waals surface area contributed by atoms with Crippen molar-refractivity contribution in [2.45, 2.75) is 0 Å². The summed E-state index contributed by atoms with van der Waals surface area (Å²) in [6.07, 6.45) is 0. The largest absolute Gasteiger partial charge is 0.246 e. The van der Waals surface area contributed by atoms with E-state index in [-0.39, 0.29) is 5.02 Å². The van der Waals surface area contributed by atoms with Crippen LogP contribution in [0.1, 0.15) is 5.56 Å².